The molecule has 0 radical (unpaired) electrons. The van der Waals surface area contributed by atoms with Gasteiger partial charge in [-0.05, 0) is 11.8 Å². The van der Waals surface area contributed by atoms with Crippen molar-refractivity contribution in [3.05, 3.63) is 0 Å². The minimum atomic E-state index is 0.833. The molecule has 0 saturated carbocycles. The van der Waals surface area contributed by atoms with Crippen molar-refractivity contribution >= 4 is 0 Å². The molecule has 0 heterocycles. The Morgan fingerprint density at radius 1 is 0.769 bits per heavy atom. The number of rotatable bonds is 2. The molecule has 0 N–H and O–H groups in total. The Bertz CT molecular complexity index is 50.3. The van der Waals surface area contributed by atoms with Gasteiger partial charge in [-0.2, -0.15) is 0 Å². The molecule has 0 bridgehead atoms. The third kappa shape index (κ3) is 133. The number of hydrogen-bond acceptors (Lipinski definition) is 0. The van der Waals surface area contributed by atoms with Crippen LogP contribution in [-0.2, 0) is 0 Å². The minimum Gasteiger partial charge on any atom is -0.0656 e. The van der Waals surface area contributed by atoms with E-state index in [4.69, 9.17) is 0 Å². The molecule has 0 aliphatic carbocycles. The van der Waals surface area contributed by atoms with Gasteiger partial charge in [-0.25, -0.2) is 0 Å². The van der Waals surface area contributed by atoms with Crippen molar-refractivity contribution in [2.75, 3.05) is 0 Å². The lowest BCUT2D eigenvalue weighted by molar-refractivity contribution is 0.576. The van der Waals surface area contributed by atoms with E-state index in [1.807, 2.05) is 0 Å². The van der Waals surface area contributed by atoms with Crippen LogP contribution in [-0.4, -0.2) is 0 Å². The molecule has 0 aliphatic rings. The lowest BCUT2D eigenvalue weighted by Gasteiger charge is -1.95. The van der Waals surface area contributed by atoms with Crippen LogP contribution in [0.1, 0.15) is 74.7 Å². The molecule has 0 unspecified atom stereocenters. The van der Waals surface area contributed by atoms with Crippen LogP contribution in [0, 0.1) is 11.8 Å². The fourth-order valence-corrected chi connectivity index (χ4v) is 0.577. The summed E-state index contributed by atoms with van der Waals surface area (Å²) >= 11 is 0. The highest BCUT2D eigenvalue weighted by molar-refractivity contribution is 4.38. The van der Waals surface area contributed by atoms with Crippen LogP contribution in [0.5, 0.6) is 0 Å². The topological polar surface area (TPSA) is 0 Å². The fourth-order valence-electron chi connectivity index (χ4n) is 0.577. The Hall–Kier alpha value is 0. The van der Waals surface area contributed by atoms with E-state index in [9.17, 15) is 0 Å². The first-order chi connectivity index (χ1) is 5.92. The van der Waals surface area contributed by atoms with Crippen LogP contribution in [0.2, 0.25) is 0 Å². The average Bonchev–Trinajstić information content (AvgIpc) is 1.86. The first-order valence-corrected chi connectivity index (χ1v) is 5.92. The van der Waals surface area contributed by atoms with Crippen LogP contribution in [0.3, 0.4) is 0 Å². The van der Waals surface area contributed by atoms with Crippen molar-refractivity contribution < 1.29 is 0 Å². The van der Waals surface area contributed by atoms with Crippen molar-refractivity contribution in [1.29, 1.82) is 0 Å². The Balaban J connectivity index is -0.000000125. The second kappa shape index (κ2) is 17.9. The molecule has 0 heteroatoms. The van der Waals surface area contributed by atoms with Crippen molar-refractivity contribution in [3.8, 4) is 0 Å². The Labute approximate surface area is 87.1 Å². The lowest BCUT2D eigenvalue weighted by Crippen LogP contribution is -1.81. The summed E-state index contributed by atoms with van der Waals surface area (Å²) in [6, 6.07) is 0. The molecule has 0 fully saturated rings. The molecule has 0 spiro atoms. The quantitative estimate of drug-likeness (QED) is 0.535. The van der Waals surface area contributed by atoms with Crippen LogP contribution in [0.15, 0.2) is 0 Å². The molecule has 13 heavy (non-hydrogen) atoms. The molecule has 0 aromatic rings. The maximum absolute atomic E-state index is 2.25. The summed E-state index contributed by atoms with van der Waals surface area (Å²) in [4.78, 5) is 0. The molecule has 0 nitrogen and oxygen atoms in total. The zero-order valence-electron chi connectivity index (χ0n) is 11.3. The Morgan fingerprint density at radius 2 is 1.00 bits per heavy atom. The van der Waals surface area contributed by atoms with Gasteiger partial charge in [0, 0.05) is 0 Å². The van der Waals surface area contributed by atoms with Crippen molar-refractivity contribution in [3.63, 3.8) is 0 Å². The molecule has 0 aromatic carbocycles. The van der Waals surface area contributed by atoms with E-state index in [2.05, 4.69) is 55.4 Å². The molecule has 84 valence electrons. The smallest absolute Gasteiger partial charge is 0.0471 e. The highest BCUT2D eigenvalue weighted by Gasteiger charge is 1.85. The summed E-state index contributed by atoms with van der Waals surface area (Å²) in [6.45, 7) is 17.5. The molecule has 0 amide bonds. The van der Waals surface area contributed by atoms with Gasteiger partial charge in [0.05, 0.1) is 0 Å². The van der Waals surface area contributed by atoms with Crippen LogP contribution < -0.4 is 0 Å². The van der Waals surface area contributed by atoms with Crippen molar-refractivity contribution in [2.24, 2.45) is 11.8 Å². The zero-order chi connectivity index (χ0) is 11.3. The van der Waals surface area contributed by atoms with E-state index in [-0.39, 0.29) is 0 Å². The van der Waals surface area contributed by atoms with E-state index in [1.165, 1.54) is 19.3 Å². The molecule has 0 rings (SSSR count). The molecule has 0 aliphatic heterocycles. The first-order valence-electron chi connectivity index (χ1n) is 5.92. The van der Waals surface area contributed by atoms with Gasteiger partial charge >= 0.3 is 0 Å². The SMILES string of the molecule is CC(C)C.CCC.CCCC(C)C. The Morgan fingerprint density at radius 3 is 1.00 bits per heavy atom. The van der Waals surface area contributed by atoms with Crippen molar-refractivity contribution in [1.82, 2.24) is 0 Å². The van der Waals surface area contributed by atoms with E-state index in [0.29, 0.717) is 0 Å². The lowest BCUT2D eigenvalue weighted by atomic mass is 10.1. The van der Waals surface area contributed by atoms with E-state index in [1.54, 1.807) is 0 Å². The molecule has 0 aromatic heterocycles. The zero-order valence-corrected chi connectivity index (χ0v) is 11.3. The van der Waals surface area contributed by atoms with E-state index in [0.717, 1.165) is 11.8 Å². The third-order valence-corrected chi connectivity index (χ3v) is 0.866. The highest BCUT2D eigenvalue weighted by atomic mass is 13.9. The fraction of sp³-hybridized carbons (Fsp3) is 1.00. The Kier molecular flexibility index (Phi) is 25.8. The summed E-state index contributed by atoms with van der Waals surface area (Å²) in [6.07, 6.45) is 3.96. The van der Waals surface area contributed by atoms with Gasteiger partial charge in [-0.1, -0.05) is 74.7 Å². The summed E-state index contributed by atoms with van der Waals surface area (Å²) in [5.41, 5.74) is 0. The second-order valence-corrected chi connectivity index (χ2v) is 4.62. The summed E-state index contributed by atoms with van der Waals surface area (Å²) in [5, 5.41) is 0. The molecule has 0 saturated heterocycles. The van der Waals surface area contributed by atoms with Crippen LogP contribution in [0.4, 0.5) is 0 Å². The van der Waals surface area contributed by atoms with Gasteiger partial charge in [-0.15, -0.1) is 0 Å². The van der Waals surface area contributed by atoms with E-state index < -0.39 is 0 Å². The van der Waals surface area contributed by atoms with Gasteiger partial charge in [0.25, 0.3) is 0 Å². The molecular weight excluding hydrogens is 156 g/mol. The monoisotopic (exact) mass is 188 g/mol. The predicted molar refractivity (Wildman–Crippen MR) is 66.2 cm³/mol. The standard InChI is InChI=1S/C6H14.C4H10.C3H8/c1-4-5-6(2)3;1-4(2)3;1-3-2/h6H,4-5H2,1-3H3;4H,1-3H3;3H2,1-2H3. The van der Waals surface area contributed by atoms with Crippen molar-refractivity contribution in [2.45, 2.75) is 74.7 Å². The summed E-state index contributed by atoms with van der Waals surface area (Å²) in [7, 11) is 0. The third-order valence-electron chi connectivity index (χ3n) is 0.866. The second-order valence-electron chi connectivity index (χ2n) is 4.62. The maximum atomic E-state index is 2.25. The minimum absolute atomic E-state index is 0.833. The van der Waals surface area contributed by atoms with Gasteiger partial charge in [0.1, 0.15) is 0 Å². The first kappa shape index (κ1) is 18.7. The summed E-state index contributed by atoms with van der Waals surface area (Å²) in [5.74, 6) is 1.73. The van der Waals surface area contributed by atoms with Gasteiger partial charge in [0.15, 0.2) is 0 Å². The van der Waals surface area contributed by atoms with Gasteiger partial charge in [-0.3, -0.25) is 0 Å². The summed E-state index contributed by atoms with van der Waals surface area (Å²) < 4.78 is 0. The normalized spacial score (nSPS) is 8.77. The molecular formula is C13H32. The van der Waals surface area contributed by atoms with Gasteiger partial charge < -0.3 is 0 Å². The predicted octanol–water partition coefficient (Wildman–Crippen LogP) is 5.52. The average molecular weight is 188 g/mol. The maximum Gasteiger partial charge on any atom is -0.0471 e. The van der Waals surface area contributed by atoms with E-state index >= 15 is 0 Å². The van der Waals surface area contributed by atoms with Crippen LogP contribution >= 0.6 is 0 Å². The van der Waals surface area contributed by atoms with Crippen LogP contribution in [0.25, 0.3) is 0 Å². The molecule has 0 atom stereocenters. The highest BCUT2D eigenvalue weighted by Crippen LogP contribution is 2.00. The van der Waals surface area contributed by atoms with Gasteiger partial charge in [0.2, 0.25) is 0 Å². The largest absolute Gasteiger partial charge is 0.0656 e. The number of hydrogen-bond donors (Lipinski definition) is 0.